The Morgan fingerprint density at radius 1 is 0.939 bits per heavy atom. The van der Waals surface area contributed by atoms with Crippen molar-refractivity contribution in [3.05, 3.63) is 30.3 Å². The van der Waals surface area contributed by atoms with Gasteiger partial charge in [0.15, 0.2) is 24.5 Å². The van der Waals surface area contributed by atoms with Gasteiger partial charge in [-0.2, -0.15) is 0 Å². The summed E-state index contributed by atoms with van der Waals surface area (Å²) in [6, 6.07) is 6.18. The molecule has 0 radical (unpaired) electrons. The first-order chi connectivity index (χ1) is 15.5. The molecule has 1 saturated heterocycles. The van der Waals surface area contributed by atoms with Crippen LogP contribution in [0.4, 0.5) is 10.5 Å². The summed E-state index contributed by atoms with van der Waals surface area (Å²) in [5.74, 6) is -3.17. The van der Waals surface area contributed by atoms with Gasteiger partial charge in [-0.25, -0.2) is 4.79 Å². The second-order valence-electron chi connectivity index (χ2n) is 7.19. The van der Waals surface area contributed by atoms with Crippen LogP contribution < -0.4 is 10.2 Å². The van der Waals surface area contributed by atoms with Crippen LogP contribution in [0, 0.1) is 0 Å². The molecule has 1 fully saturated rings. The van der Waals surface area contributed by atoms with Crippen LogP contribution in [0.5, 0.6) is 0 Å². The number of carbonyl (C=O) groups is 5. The smallest absolute Gasteiger partial charge is 0.324 e. The number of para-hydroxylation sites is 1. The van der Waals surface area contributed by atoms with E-state index >= 15 is 0 Å². The summed E-state index contributed by atoms with van der Waals surface area (Å²) in [5.41, 5.74) is 0.354. The van der Waals surface area contributed by atoms with Gasteiger partial charge in [-0.1, -0.05) is 18.2 Å². The van der Waals surface area contributed by atoms with Crippen molar-refractivity contribution in [3.63, 3.8) is 0 Å². The molecule has 0 aliphatic carbocycles. The van der Waals surface area contributed by atoms with Crippen molar-refractivity contribution in [1.82, 2.24) is 5.32 Å². The zero-order valence-corrected chi connectivity index (χ0v) is 18.5. The van der Waals surface area contributed by atoms with E-state index in [1.54, 1.807) is 30.3 Å². The molecular formula is C21H26N2O10. The van der Waals surface area contributed by atoms with Gasteiger partial charge in [0.2, 0.25) is 0 Å². The average molecular weight is 466 g/mol. The quantitative estimate of drug-likeness (QED) is 0.382. The van der Waals surface area contributed by atoms with E-state index in [4.69, 9.17) is 18.9 Å². The van der Waals surface area contributed by atoms with Gasteiger partial charge in [-0.05, 0) is 12.1 Å². The Labute approximate surface area is 189 Å². The first-order valence-corrected chi connectivity index (χ1v) is 9.99. The monoisotopic (exact) mass is 466 g/mol. The number of rotatable bonds is 9. The molecule has 33 heavy (non-hydrogen) atoms. The average Bonchev–Trinajstić information content (AvgIpc) is 3.01. The normalized spacial score (nSPS) is 20.2. The predicted octanol–water partition coefficient (Wildman–Crippen LogP) is 0.261. The van der Waals surface area contributed by atoms with E-state index in [9.17, 15) is 29.1 Å². The Kier molecular flexibility index (Phi) is 8.74. The van der Waals surface area contributed by atoms with Gasteiger partial charge in [-0.15, -0.1) is 0 Å². The van der Waals surface area contributed by atoms with Crippen LogP contribution in [0.3, 0.4) is 0 Å². The van der Waals surface area contributed by atoms with Crippen molar-refractivity contribution in [2.75, 3.05) is 11.5 Å². The summed E-state index contributed by atoms with van der Waals surface area (Å²) in [5, 5.41) is 13.4. The molecule has 0 unspecified atom stereocenters. The number of hydrogen-bond acceptors (Lipinski definition) is 10. The molecule has 5 atom stereocenters. The maximum Gasteiger partial charge on any atom is 0.324 e. The Morgan fingerprint density at radius 2 is 1.52 bits per heavy atom. The topological polar surface area (TPSA) is 158 Å². The molecule has 0 aromatic heterocycles. The van der Waals surface area contributed by atoms with Crippen molar-refractivity contribution in [2.24, 2.45) is 0 Å². The van der Waals surface area contributed by atoms with E-state index in [1.807, 2.05) is 0 Å². The maximum atomic E-state index is 12.6. The van der Waals surface area contributed by atoms with Crippen molar-refractivity contribution >= 4 is 35.6 Å². The number of benzene rings is 1. The third-order valence-corrected chi connectivity index (χ3v) is 4.55. The third kappa shape index (κ3) is 6.91. The SMILES string of the molecule is CC(=O)OC[C@@H](OC(C)=O)[C@@H](OC(C)=O)[C@H](OC(C)=O)[C@H]1NC(=O)N(c2ccccc2)[C@@H]1O. The van der Waals surface area contributed by atoms with Crippen LogP contribution in [0.15, 0.2) is 30.3 Å². The van der Waals surface area contributed by atoms with E-state index in [2.05, 4.69) is 5.32 Å². The molecule has 0 bridgehead atoms. The third-order valence-electron chi connectivity index (χ3n) is 4.55. The van der Waals surface area contributed by atoms with Gasteiger partial charge >= 0.3 is 29.9 Å². The van der Waals surface area contributed by atoms with E-state index in [0.717, 1.165) is 32.6 Å². The lowest BCUT2D eigenvalue weighted by Crippen LogP contribution is -2.57. The molecule has 2 N–H and O–H groups in total. The van der Waals surface area contributed by atoms with Gasteiger partial charge in [0.25, 0.3) is 0 Å². The summed E-state index contributed by atoms with van der Waals surface area (Å²) in [4.78, 5) is 60.4. The van der Waals surface area contributed by atoms with Crippen LogP contribution in [-0.2, 0) is 38.1 Å². The highest BCUT2D eigenvalue weighted by Gasteiger charge is 2.51. The highest BCUT2D eigenvalue weighted by atomic mass is 16.6. The second kappa shape index (κ2) is 11.3. The first-order valence-electron chi connectivity index (χ1n) is 9.99. The molecule has 180 valence electrons. The van der Waals surface area contributed by atoms with Gasteiger partial charge in [-0.3, -0.25) is 24.1 Å². The number of aliphatic hydroxyl groups is 1. The van der Waals surface area contributed by atoms with Crippen molar-refractivity contribution in [2.45, 2.75) is 58.3 Å². The summed E-state index contributed by atoms with van der Waals surface area (Å²) >= 11 is 0. The lowest BCUT2D eigenvalue weighted by atomic mass is 9.99. The molecular weight excluding hydrogens is 440 g/mol. The molecule has 2 amide bonds. The number of amides is 2. The molecule has 12 heteroatoms. The standard InChI is InChI=1S/C21H26N2O10/c1-11(24)30-10-16(31-12(2)25)18(32-13(3)26)19(33-14(4)27)17-20(28)23(21(29)22-17)15-8-6-5-7-9-15/h5-9,16-20,28H,10H2,1-4H3,(H,22,29)/t16-,17-,18-,19-,20-/m1/s1. The van der Waals surface area contributed by atoms with E-state index in [1.165, 1.54) is 0 Å². The van der Waals surface area contributed by atoms with Gasteiger partial charge in [0.1, 0.15) is 12.6 Å². The van der Waals surface area contributed by atoms with E-state index in [0.29, 0.717) is 5.69 Å². The molecule has 1 aliphatic rings. The van der Waals surface area contributed by atoms with Gasteiger partial charge in [0, 0.05) is 33.4 Å². The molecule has 0 saturated carbocycles. The van der Waals surface area contributed by atoms with Crippen LogP contribution in [0.1, 0.15) is 27.7 Å². The van der Waals surface area contributed by atoms with Crippen molar-refractivity contribution < 1.29 is 48.0 Å². The fourth-order valence-corrected chi connectivity index (χ4v) is 3.37. The minimum atomic E-state index is -1.56. The summed E-state index contributed by atoms with van der Waals surface area (Å²) in [7, 11) is 0. The highest BCUT2D eigenvalue weighted by Crippen LogP contribution is 2.28. The van der Waals surface area contributed by atoms with Crippen LogP contribution >= 0.6 is 0 Å². The second-order valence-corrected chi connectivity index (χ2v) is 7.19. The zero-order chi connectivity index (χ0) is 24.7. The predicted molar refractivity (Wildman–Crippen MR) is 111 cm³/mol. The number of carbonyl (C=O) groups excluding carboxylic acids is 5. The fourth-order valence-electron chi connectivity index (χ4n) is 3.37. The minimum Gasteiger partial charge on any atom is -0.462 e. The number of nitrogens with zero attached hydrogens (tertiary/aromatic N) is 1. The number of ether oxygens (including phenoxy) is 4. The summed E-state index contributed by atoms with van der Waals surface area (Å²) in [6.45, 7) is 3.80. The van der Waals surface area contributed by atoms with Crippen molar-refractivity contribution in [1.29, 1.82) is 0 Å². The largest absolute Gasteiger partial charge is 0.462 e. The Balaban J connectivity index is 2.46. The lowest BCUT2D eigenvalue weighted by molar-refractivity contribution is -0.193. The number of anilines is 1. The number of urea groups is 1. The minimum absolute atomic E-state index is 0.354. The van der Waals surface area contributed by atoms with Gasteiger partial charge in [0.05, 0.1) is 0 Å². The summed E-state index contributed by atoms with van der Waals surface area (Å²) in [6.07, 6.45) is -6.02. The molecule has 1 aromatic rings. The lowest BCUT2D eigenvalue weighted by Gasteiger charge is -2.35. The molecule has 0 spiro atoms. The van der Waals surface area contributed by atoms with Crippen LogP contribution in [0.2, 0.25) is 0 Å². The van der Waals surface area contributed by atoms with E-state index < -0.39 is 67.1 Å². The van der Waals surface area contributed by atoms with Gasteiger partial charge < -0.3 is 29.4 Å². The summed E-state index contributed by atoms with van der Waals surface area (Å²) < 4.78 is 20.7. The highest BCUT2D eigenvalue weighted by molar-refractivity contribution is 5.95. The van der Waals surface area contributed by atoms with Crippen molar-refractivity contribution in [3.8, 4) is 0 Å². The number of esters is 4. The number of aliphatic hydroxyl groups excluding tert-OH is 1. The molecule has 1 aliphatic heterocycles. The molecule has 2 rings (SSSR count). The maximum absolute atomic E-state index is 12.6. The zero-order valence-electron chi connectivity index (χ0n) is 18.5. The Bertz CT molecular complexity index is 890. The van der Waals surface area contributed by atoms with Crippen LogP contribution in [0.25, 0.3) is 0 Å². The Hall–Kier alpha value is -3.67. The molecule has 1 heterocycles. The van der Waals surface area contributed by atoms with Crippen LogP contribution in [-0.4, -0.2) is 72.2 Å². The first kappa shape index (κ1) is 25.6. The van der Waals surface area contributed by atoms with E-state index in [-0.39, 0.29) is 0 Å². The molecule has 12 nitrogen and oxygen atoms in total. The fraction of sp³-hybridized carbons (Fsp3) is 0.476. The Morgan fingerprint density at radius 3 is 2.03 bits per heavy atom. The number of nitrogens with one attached hydrogen (secondary N) is 1. The number of hydrogen-bond donors (Lipinski definition) is 2. The molecule has 1 aromatic carbocycles.